The number of cyclic esters (lactones) is 1. The molecule has 7 heteroatoms. The Bertz CT molecular complexity index is 887. The molecule has 1 saturated heterocycles. The van der Waals surface area contributed by atoms with Crippen LogP contribution in [0.4, 0.5) is 0 Å². The highest BCUT2D eigenvalue weighted by Gasteiger charge is 2.41. The summed E-state index contributed by atoms with van der Waals surface area (Å²) in [5.74, 6) is -1.28. The number of carbonyl (C=O) groups is 3. The van der Waals surface area contributed by atoms with E-state index in [9.17, 15) is 14.4 Å². The second-order valence-corrected chi connectivity index (χ2v) is 7.73. The van der Waals surface area contributed by atoms with Gasteiger partial charge in [0.25, 0.3) is 0 Å². The van der Waals surface area contributed by atoms with E-state index in [1.54, 1.807) is 6.08 Å². The summed E-state index contributed by atoms with van der Waals surface area (Å²) >= 11 is 0. The molecule has 1 aromatic rings. The van der Waals surface area contributed by atoms with Crippen LogP contribution in [0.2, 0.25) is 0 Å². The van der Waals surface area contributed by atoms with Gasteiger partial charge in [-0.1, -0.05) is 54.6 Å². The standard InChI is InChI=1S/C25H28O7/c1-17(26)29-23-16-21(12-6-10-20-11-7-13-24(28)32-20)31-22(25(23)30-18(2)27)15-14-19-8-4-3-5-9-19/h3-10,13-15,20-23,25H,11-12,16H2,1-2H3/t20-,21-,22-,23+,25-/m1/s1. The molecule has 2 heterocycles. The number of ether oxygens (including phenoxy) is 4. The first-order valence-electron chi connectivity index (χ1n) is 10.7. The van der Waals surface area contributed by atoms with Crippen molar-refractivity contribution in [3.05, 3.63) is 66.3 Å². The summed E-state index contributed by atoms with van der Waals surface area (Å²) in [6, 6.07) is 9.67. The van der Waals surface area contributed by atoms with E-state index in [1.165, 1.54) is 19.9 Å². The van der Waals surface area contributed by atoms with Gasteiger partial charge in [-0.15, -0.1) is 0 Å². The lowest BCUT2D eigenvalue weighted by molar-refractivity contribution is -0.198. The first-order valence-corrected chi connectivity index (χ1v) is 10.7. The lowest BCUT2D eigenvalue weighted by Gasteiger charge is -2.39. The molecule has 0 radical (unpaired) electrons. The average Bonchev–Trinajstić information content (AvgIpc) is 2.74. The fraction of sp³-hybridized carbons (Fsp3) is 0.400. The van der Waals surface area contributed by atoms with Crippen LogP contribution in [0.15, 0.2) is 60.7 Å². The van der Waals surface area contributed by atoms with Crippen LogP contribution < -0.4 is 0 Å². The maximum Gasteiger partial charge on any atom is 0.331 e. The van der Waals surface area contributed by atoms with Crippen molar-refractivity contribution in [3.8, 4) is 0 Å². The van der Waals surface area contributed by atoms with E-state index >= 15 is 0 Å². The highest BCUT2D eigenvalue weighted by Crippen LogP contribution is 2.29. The fourth-order valence-electron chi connectivity index (χ4n) is 3.73. The van der Waals surface area contributed by atoms with Gasteiger partial charge in [0.1, 0.15) is 18.3 Å². The summed E-state index contributed by atoms with van der Waals surface area (Å²) in [6.45, 7) is 2.65. The normalized spacial score (nSPS) is 27.9. The van der Waals surface area contributed by atoms with E-state index in [-0.39, 0.29) is 18.2 Å². The van der Waals surface area contributed by atoms with Gasteiger partial charge in [0.05, 0.1) is 6.10 Å². The van der Waals surface area contributed by atoms with Crippen LogP contribution >= 0.6 is 0 Å². The molecule has 0 aromatic heterocycles. The molecule has 3 rings (SSSR count). The van der Waals surface area contributed by atoms with Gasteiger partial charge < -0.3 is 18.9 Å². The maximum atomic E-state index is 11.7. The summed E-state index contributed by atoms with van der Waals surface area (Å²) in [5, 5.41) is 0. The van der Waals surface area contributed by atoms with E-state index in [2.05, 4.69) is 0 Å². The van der Waals surface area contributed by atoms with Gasteiger partial charge >= 0.3 is 17.9 Å². The van der Waals surface area contributed by atoms with Crippen LogP contribution in [0.5, 0.6) is 0 Å². The van der Waals surface area contributed by atoms with Crippen molar-refractivity contribution < 1.29 is 33.3 Å². The van der Waals surface area contributed by atoms with E-state index in [0.29, 0.717) is 19.3 Å². The molecule has 2 aliphatic heterocycles. The second-order valence-electron chi connectivity index (χ2n) is 7.73. The van der Waals surface area contributed by atoms with Crippen molar-refractivity contribution in [2.45, 2.75) is 63.6 Å². The summed E-state index contributed by atoms with van der Waals surface area (Å²) in [4.78, 5) is 34.8. The first-order chi connectivity index (χ1) is 15.4. The third-order valence-electron chi connectivity index (χ3n) is 5.07. The smallest absolute Gasteiger partial charge is 0.331 e. The molecule has 2 aliphatic rings. The van der Waals surface area contributed by atoms with Crippen LogP contribution in [0.3, 0.4) is 0 Å². The quantitative estimate of drug-likeness (QED) is 0.364. The molecule has 0 amide bonds. The third-order valence-corrected chi connectivity index (χ3v) is 5.07. The molecular weight excluding hydrogens is 412 g/mol. The minimum absolute atomic E-state index is 0.275. The predicted octanol–water partition coefficient (Wildman–Crippen LogP) is 3.54. The van der Waals surface area contributed by atoms with E-state index < -0.39 is 30.3 Å². The van der Waals surface area contributed by atoms with Gasteiger partial charge in [0, 0.05) is 32.8 Å². The Hall–Kier alpha value is -3.19. The van der Waals surface area contributed by atoms with Gasteiger partial charge in [-0.25, -0.2) is 4.79 Å². The Labute approximate surface area is 187 Å². The number of esters is 3. The summed E-state index contributed by atoms with van der Waals surface area (Å²) < 4.78 is 22.4. The van der Waals surface area contributed by atoms with Gasteiger partial charge in [0.2, 0.25) is 0 Å². The molecule has 0 N–H and O–H groups in total. The monoisotopic (exact) mass is 440 g/mol. The second kappa shape index (κ2) is 11.4. The zero-order chi connectivity index (χ0) is 22.9. The van der Waals surface area contributed by atoms with Crippen molar-refractivity contribution in [2.24, 2.45) is 0 Å². The maximum absolute atomic E-state index is 11.7. The number of benzene rings is 1. The van der Waals surface area contributed by atoms with Gasteiger partial charge in [-0.3, -0.25) is 9.59 Å². The zero-order valence-corrected chi connectivity index (χ0v) is 18.2. The van der Waals surface area contributed by atoms with Crippen LogP contribution in [0.25, 0.3) is 6.08 Å². The fourth-order valence-corrected chi connectivity index (χ4v) is 3.73. The molecule has 7 nitrogen and oxygen atoms in total. The van der Waals surface area contributed by atoms with Crippen molar-refractivity contribution in [1.29, 1.82) is 0 Å². The highest BCUT2D eigenvalue weighted by atomic mass is 16.6. The summed E-state index contributed by atoms with van der Waals surface area (Å²) in [5.41, 5.74) is 0.968. The summed E-state index contributed by atoms with van der Waals surface area (Å²) in [6.07, 6.45) is 9.61. The number of hydrogen-bond donors (Lipinski definition) is 0. The minimum atomic E-state index is -0.749. The molecule has 0 saturated carbocycles. The number of carbonyl (C=O) groups excluding carboxylic acids is 3. The van der Waals surface area contributed by atoms with Crippen molar-refractivity contribution >= 4 is 24.0 Å². The lowest BCUT2D eigenvalue weighted by atomic mass is 9.94. The molecule has 0 spiro atoms. The van der Waals surface area contributed by atoms with Crippen LogP contribution in [0.1, 0.15) is 38.7 Å². The SMILES string of the molecule is CC(=O)O[C@H]1[C@@H](OC(C)=O)C[C@@H](CC=C[C@@H]2CC=CC(=O)O2)O[C@@H]1C=Cc1ccccc1. The first kappa shape index (κ1) is 23.5. The molecule has 32 heavy (non-hydrogen) atoms. The third kappa shape index (κ3) is 7.20. The molecule has 170 valence electrons. The van der Waals surface area contributed by atoms with Crippen molar-refractivity contribution in [2.75, 3.05) is 0 Å². The minimum Gasteiger partial charge on any atom is -0.458 e. The van der Waals surface area contributed by atoms with Crippen LogP contribution in [0, 0.1) is 0 Å². The molecular formula is C25H28O7. The zero-order valence-electron chi connectivity index (χ0n) is 18.2. The van der Waals surface area contributed by atoms with Gasteiger partial charge in [0.15, 0.2) is 6.10 Å². The van der Waals surface area contributed by atoms with E-state index in [1.807, 2.05) is 54.6 Å². The molecule has 0 unspecified atom stereocenters. The summed E-state index contributed by atoms with van der Waals surface area (Å²) in [7, 11) is 0. The van der Waals surface area contributed by atoms with Crippen LogP contribution in [-0.4, -0.2) is 48.4 Å². The molecule has 0 aliphatic carbocycles. The Balaban J connectivity index is 1.74. The Morgan fingerprint density at radius 2 is 1.84 bits per heavy atom. The Kier molecular flexibility index (Phi) is 8.39. The largest absolute Gasteiger partial charge is 0.458 e. The van der Waals surface area contributed by atoms with E-state index in [0.717, 1.165) is 5.56 Å². The highest BCUT2D eigenvalue weighted by molar-refractivity contribution is 5.82. The topological polar surface area (TPSA) is 88.1 Å². The Morgan fingerprint density at radius 1 is 1.09 bits per heavy atom. The van der Waals surface area contributed by atoms with E-state index in [4.69, 9.17) is 18.9 Å². The molecule has 5 atom stereocenters. The molecule has 1 fully saturated rings. The molecule has 0 bridgehead atoms. The molecule has 1 aromatic carbocycles. The van der Waals surface area contributed by atoms with Crippen LogP contribution in [-0.2, 0) is 33.3 Å². The average molecular weight is 440 g/mol. The number of rotatable bonds is 7. The van der Waals surface area contributed by atoms with Gasteiger partial charge in [-0.05, 0) is 18.1 Å². The lowest BCUT2D eigenvalue weighted by Crippen LogP contribution is -2.51. The van der Waals surface area contributed by atoms with Crippen molar-refractivity contribution in [1.82, 2.24) is 0 Å². The number of hydrogen-bond acceptors (Lipinski definition) is 7. The van der Waals surface area contributed by atoms with Crippen molar-refractivity contribution in [3.63, 3.8) is 0 Å². The van der Waals surface area contributed by atoms with Gasteiger partial charge in [-0.2, -0.15) is 0 Å². The Morgan fingerprint density at radius 3 is 2.53 bits per heavy atom. The predicted molar refractivity (Wildman–Crippen MR) is 117 cm³/mol.